The van der Waals surface area contributed by atoms with Crippen molar-refractivity contribution < 1.29 is 29.3 Å². The van der Waals surface area contributed by atoms with Gasteiger partial charge in [-0.3, -0.25) is 9.59 Å². The van der Waals surface area contributed by atoms with E-state index < -0.39 is 23.9 Å². The van der Waals surface area contributed by atoms with Gasteiger partial charge in [0.2, 0.25) is 5.95 Å². The van der Waals surface area contributed by atoms with Crippen molar-refractivity contribution in [1.29, 1.82) is 0 Å². The maximum Gasteiger partial charge on any atom is 0.326 e. The molecule has 13 heteroatoms. The van der Waals surface area contributed by atoms with E-state index in [0.29, 0.717) is 34.7 Å². The smallest absolute Gasteiger partial charge is 0.326 e. The Morgan fingerprint density at radius 1 is 1.00 bits per heavy atom. The number of carboxylic acid groups (broad SMARTS) is 2. The minimum atomic E-state index is -1.32. The minimum absolute atomic E-state index is 0.0145. The highest BCUT2D eigenvalue weighted by atomic mass is 16.5. The molecule has 0 bridgehead atoms. The standard InChI is InChI=1S/C27H27N7O6/c1-40-18-4-2-3-15(11-18)22-16(12-19-23(28)33-27(29)34-24(19)32-22)13-30-17-7-5-14(6-8-17)25(37)31-20(26(38)39)9-10-21(35)36/h2-8,11-12,20,30H,9-10,13H2,1H3,(H,31,37)(H,35,36)(H,38,39)(H4,28,29,32,33,34)/t20-/m0/s1. The van der Waals surface area contributed by atoms with Gasteiger partial charge in [0.25, 0.3) is 5.91 Å². The predicted molar refractivity (Wildman–Crippen MR) is 148 cm³/mol. The fourth-order valence-corrected chi connectivity index (χ4v) is 3.99. The van der Waals surface area contributed by atoms with E-state index in [1.165, 1.54) is 12.1 Å². The molecule has 2 aromatic carbocycles. The molecular weight excluding hydrogens is 518 g/mol. The fourth-order valence-electron chi connectivity index (χ4n) is 3.99. The molecular formula is C27H27N7O6. The summed E-state index contributed by atoms with van der Waals surface area (Å²) in [5, 5.41) is 24.3. The number of hydrogen-bond donors (Lipinski definition) is 6. The van der Waals surface area contributed by atoms with E-state index >= 15 is 0 Å². The second-order valence-electron chi connectivity index (χ2n) is 8.79. The normalized spacial score (nSPS) is 11.5. The van der Waals surface area contributed by atoms with Crippen LogP contribution in [0, 0.1) is 0 Å². The number of aromatic nitrogens is 3. The molecule has 0 aliphatic heterocycles. The third kappa shape index (κ3) is 6.51. The van der Waals surface area contributed by atoms with Gasteiger partial charge >= 0.3 is 11.9 Å². The molecule has 13 nitrogen and oxygen atoms in total. The number of nitrogens with zero attached hydrogens (tertiary/aromatic N) is 3. The summed E-state index contributed by atoms with van der Waals surface area (Å²) in [6.07, 6.45) is -0.611. The lowest BCUT2D eigenvalue weighted by molar-refractivity contribution is -0.140. The maximum absolute atomic E-state index is 12.5. The molecule has 0 saturated carbocycles. The van der Waals surface area contributed by atoms with Gasteiger partial charge in [0.05, 0.1) is 18.2 Å². The molecule has 8 N–H and O–H groups in total. The molecule has 40 heavy (non-hydrogen) atoms. The first-order chi connectivity index (χ1) is 19.1. The van der Waals surface area contributed by atoms with Gasteiger partial charge in [-0.15, -0.1) is 0 Å². The molecule has 1 atom stereocenters. The van der Waals surface area contributed by atoms with Crippen LogP contribution in [0.4, 0.5) is 17.5 Å². The van der Waals surface area contributed by atoms with Crippen LogP contribution in [0.1, 0.15) is 28.8 Å². The number of pyridine rings is 1. The molecule has 0 spiro atoms. The van der Waals surface area contributed by atoms with Crippen LogP contribution in [-0.2, 0) is 16.1 Å². The van der Waals surface area contributed by atoms with Crippen LogP contribution in [0.3, 0.4) is 0 Å². The van der Waals surface area contributed by atoms with Crippen molar-refractivity contribution >= 4 is 46.3 Å². The summed E-state index contributed by atoms with van der Waals surface area (Å²) in [6.45, 7) is 0.321. The number of fused-ring (bicyclic) bond motifs is 1. The number of methoxy groups -OCH3 is 1. The predicted octanol–water partition coefficient (Wildman–Crippen LogP) is 2.52. The first-order valence-electron chi connectivity index (χ1n) is 12.1. The van der Waals surface area contributed by atoms with E-state index in [0.717, 1.165) is 11.1 Å². The third-order valence-corrected chi connectivity index (χ3v) is 6.04. The van der Waals surface area contributed by atoms with E-state index in [2.05, 4.69) is 20.6 Å². The summed E-state index contributed by atoms with van der Waals surface area (Å²) < 4.78 is 5.36. The van der Waals surface area contributed by atoms with Crippen molar-refractivity contribution in [3.63, 3.8) is 0 Å². The van der Waals surface area contributed by atoms with Crippen molar-refractivity contribution in [2.75, 3.05) is 23.9 Å². The molecule has 2 aromatic heterocycles. The summed E-state index contributed by atoms with van der Waals surface area (Å²) in [7, 11) is 1.58. The number of ether oxygens (including phenoxy) is 1. The lowest BCUT2D eigenvalue weighted by atomic mass is 10.0. The van der Waals surface area contributed by atoms with Crippen molar-refractivity contribution in [3.8, 4) is 17.0 Å². The molecule has 0 aliphatic rings. The largest absolute Gasteiger partial charge is 0.497 e. The second kappa shape index (κ2) is 11.9. The van der Waals surface area contributed by atoms with Crippen LogP contribution >= 0.6 is 0 Å². The summed E-state index contributed by atoms with van der Waals surface area (Å²) in [6, 6.07) is 14.3. The van der Waals surface area contributed by atoms with Crippen LogP contribution in [0.2, 0.25) is 0 Å². The molecule has 4 rings (SSSR count). The van der Waals surface area contributed by atoms with Crippen LogP contribution in [-0.4, -0.2) is 56.2 Å². The summed E-state index contributed by atoms with van der Waals surface area (Å²) in [4.78, 5) is 47.7. The highest BCUT2D eigenvalue weighted by molar-refractivity contribution is 5.97. The highest BCUT2D eigenvalue weighted by Crippen LogP contribution is 2.30. The highest BCUT2D eigenvalue weighted by Gasteiger charge is 2.21. The number of hydrogen-bond acceptors (Lipinski definition) is 10. The topological polar surface area (TPSA) is 216 Å². The fraction of sp³-hybridized carbons (Fsp3) is 0.185. The Bertz CT molecular complexity index is 1580. The maximum atomic E-state index is 12.5. The Hall–Kier alpha value is -5.46. The number of carbonyl (C=O) groups excluding carboxylic acids is 1. The van der Waals surface area contributed by atoms with Gasteiger partial charge in [-0.05, 0) is 54.4 Å². The van der Waals surface area contributed by atoms with Crippen LogP contribution in [0.25, 0.3) is 22.3 Å². The number of carboxylic acids is 2. The van der Waals surface area contributed by atoms with E-state index in [9.17, 15) is 19.5 Å². The number of aliphatic carboxylic acids is 2. The Morgan fingerprint density at radius 3 is 2.42 bits per heavy atom. The van der Waals surface area contributed by atoms with E-state index in [4.69, 9.17) is 26.3 Å². The molecule has 0 radical (unpaired) electrons. The molecule has 4 aromatic rings. The summed E-state index contributed by atoms with van der Waals surface area (Å²) >= 11 is 0. The monoisotopic (exact) mass is 545 g/mol. The van der Waals surface area contributed by atoms with E-state index in [1.807, 2.05) is 30.3 Å². The zero-order chi connectivity index (χ0) is 28.8. The Balaban J connectivity index is 1.56. The van der Waals surface area contributed by atoms with Gasteiger partial charge in [-0.1, -0.05) is 12.1 Å². The zero-order valence-electron chi connectivity index (χ0n) is 21.4. The molecule has 0 unspecified atom stereocenters. The van der Waals surface area contributed by atoms with Crippen LogP contribution < -0.4 is 26.8 Å². The number of anilines is 3. The molecule has 2 heterocycles. The van der Waals surface area contributed by atoms with E-state index in [-0.39, 0.29) is 30.2 Å². The van der Waals surface area contributed by atoms with Gasteiger partial charge < -0.3 is 37.1 Å². The quantitative estimate of drug-likeness (QED) is 0.160. The summed E-state index contributed by atoms with van der Waals surface area (Å²) in [5.41, 5.74) is 15.3. The van der Waals surface area contributed by atoms with Crippen molar-refractivity contribution in [2.45, 2.75) is 25.4 Å². The molecule has 0 fully saturated rings. The summed E-state index contributed by atoms with van der Waals surface area (Å²) in [5.74, 6) is -2.21. The molecule has 0 saturated heterocycles. The number of nitrogens with two attached hydrogens (primary N) is 2. The van der Waals surface area contributed by atoms with Gasteiger partial charge in [-0.25, -0.2) is 9.78 Å². The lowest BCUT2D eigenvalue weighted by Gasteiger charge is -2.15. The SMILES string of the molecule is COc1cccc(-c2nc3nc(N)nc(N)c3cc2CNc2ccc(C(=O)N[C@@H](CCC(=O)O)C(=O)O)cc2)c1. The zero-order valence-corrected chi connectivity index (χ0v) is 21.4. The first kappa shape index (κ1) is 27.6. The molecule has 206 valence electrons. The Labute approximate surface area is 228 Å². The van der Waals surface area contributed by atoms with Gasteiger partial charge in [0, 0.05) is 29.8 Å². The van der Waals surface area contributed by atoms with Crippen molar-refractivity contribution in [1.82, 2.24) is 20.3 Å². The number of rotatable bonds is 11. The number of benzene rings is 2. The van der Waals surface area contributed by atoms with Crippen LogP contribution in [0.5, 0.6) is 5.75 Å². The molecule has 1 amide bonds. The van der Waals surface area contributed by atoms with Crippen molar-refractivity contribution in [2.24, 2.45) is 0 Å². The number of nitrogen functional groups attached to an aromatic ring is 2. The first-order valence-corrected chi connectivity index (χ1v) is 12.1. The molecule has 0 aliphatic carbocycles. The average Bonchev–Trinajstić information content (AvgIpc) is 2.93. The average molecular weight is 546 g/mol. The Kier molecular flexibility index (Phi) is 8.23. The van der Waals surface area contributed by atoms with Gasteiger partial charge in [0.1, 0.15) is 17.6 Å². The van der Waals surface area contributed by atoms with Crippen molar-refractivity contribution in [3.05, 3.63) is 65.7 Å². The minimum Gasteiger partial charge on any atom is -0.497 e. The number of carbonyl (C=O) groups is 3. The number of nitrogens with one attached hydrogen (secondary N) is 2. The third-order valence-electron chi connectivity index (χ3n) is 6.04. The second-order valence-corrected chi connectivity index (χ2v) is 8.79. The van der Waals surface area contributed by atoms with Gasteiger partial charge in [0.15, 0.2) is 5.65 Å². The number of amides is 1. The lowest BCUT2D eigenvalue weighted by Crippen LogP contribution is -2.41. The van der Waals surface area contributed by atoms with E-state index in [1.54, 1.807) is 19.2 Å². The Morgan fingerprint density at radius 2 is 1.75 bits per heavy atom. The van der Waals surface area contributed by atoms with Crippen LogP contribution in [0.15, 0.2) is 54.6 Å². The van der Waals surface area contributed by atoms with Gasteiger partial charge in [-0.2, -0.15) is 9.97 Å².